The molecule has 4 nitrogen and oxygen atoms in total. The molecule has 0 radical (unpaired) electrons. The van der Waals surface area contributed by atoms with Gasteiger partial charge in [-0.15, -0.1) is 0 Å². The summed E-state index contributed by atoms with van der Waals surface area (Å²) in [4.78, 5) is 12.5. The van der Waals surface area contributed by atoms with Crippen molar-refractivity contribution < 1.29 is 4.79 Å². The highest BCUT2D eigenvalue weighted by atomic mass is 16.2. The Morgan fingerprint density at radius 1 is 1.35 bits per heavy atom. The number of aromatic amines is 1. The molecule has 2 N–H and O–H groups in total. The predicted molar refractivity (Wildman–Crippen MR) is 93.5 cm³/mol. The van der Waals surface area contributed by atoms with Gasteiger partial charge in [0.25, 0.3) is 5.91 Å². The molecule has 124 valence electrons. The molecule has 3 rings (SSSR count). The zero-order valence-electron chi connectivity index (χ0n) is 14.4. The smallest absolute Gasteiger partial charge is 0.272 e. The highest BCUT2D eigenvalue weighted by molar-refractivity contribution is 6.04. The number of carbonyl (C=O) groups excluding carboxylic acids is 1. The normalized spacial score (nSPS) is 22.9. The van der Waals surface area contributed by atoms with Crippen LogP contribution in [0.2, 0.25) is 0 Å². The maximum Gasteiger partial charge on any atom is 0.272 e. The van der Waals surface area contributed by atoms with Crippen molar-refractivity contribution in [3.8, 4) is 0 Å². The van der Waals surface area contributed by atoms with Crippen molar-refractivity contribution in [2.24, 2.45) is 11.8 Å². The SMILES string of the molecule is Cc1ccc2c(C(=O)N[C@H](C)CC3CCC(C)CC3)n[nH]c2c1. The summed E-state index contributed by atoms with van der Waals surface area (Å²) in [7, 11) is 0. The molecule has 1 amide bonds. The maximum absolute atomic E-state index is 12.5. The molecular weight excluding hydrogens is 286 g/mol. The topological polar surface area (TPSA) is 57.8 Å². The summed E-state index contributed by atoms with van der Waals surface area (Å²) in [5.41, 5.74) is 2.58. The fourth-order valence-electron chi connectivity index (χ4n) is 3.72. The van der Waals surface area contributed by atoms with E-state index in [1.54, 1.807) is 0 Å². The van der Waals surface area contributed by atoms with E-state index in [0.29, 0.717) is 5.69 Å². The second-order valence-electron chi connectivity index (χ2n) is 7.36. The number of H-pyrrole nitrogens is 1. The molecule has 23 heavy (non-hydrogen) atoms. The molecule has 1 fully saturated rings. The number of fused-ring (bicyclic) bond motifs is 1. The van der Waals surface area contributed by atoms with Crippen LogP contribution >= 0.6 is 0 Å². The zero-order chi connectivity index (χ0) is 16.4. The van der Waals surface area contributed by atoms with Gasteiger partial charge in [-0.1, -0.05) is 44.7 Å². The van der Waals surface area contributed by atoms with Crippen LogP contribution in [0.5, 0.6) is 0 Å². The average molecular weight is 313 g/mol. The Morgan fingerprint density at radius 2 is 2.09 bits per heavy atom. The predicted octanol–water partition coefficient (Wildman–Crippen LogP) is 4.21. The summed E-state index contributed by atoms with van der Waals surface area (Å²) in [6, 6.07) is 6.20. The number of hydrogen-bond donors (Lipinski definition) is 2. The molecule has 1 aromatic carbocycles. The van der Waals surface area contributed by atoms with Gasteiger partial charge in [-0.3, -0.25) is 9.89 Å². The highest BCUT2D eigenvalue weighted by Gasteiger charge is 2.22. The lowest BCUT2D eigenvalue weighted by Gasteiger charge is -2.28. The quantitative estimate of drug-likeness (QED) is 0.888. The Kier molecular flexibility index (Phi) is 4.69. The molecule has 0 saturated heterocycles. The van der Waals surface area contributed by atoms with Crippen molar-refractivity contribution in [1.29, 1.82) is 0 Å². The first-order valence-electron chi connectivity index (χ1n) is 8.78. The molecule has 4 heteroatoms. The molecule has 1 heterocycles. The minimum Gasteiger partial charge on any atom is -0.348 e. The summed E-state index contributed by atoms with van der Waals surface area (Å²) < 4.78 is 0. The van der Waals surface area contributed by atoms with E-state index in [4.69, 9.17) is 0 Å². The van der Waals surface area contributed by atoms with E-state index < -0.39 is 0 Å². The maximum atomic E-state index is 12.5. The number of benzene rings is 1. The first-order valence-corrected chi connectivity index (χ1v) is 8.78. The third-order valence-corrected chi connectivity index (χ3v) is 5.13. The molecule has 2 aromatic rings. The van der Waals surface area contributed by atoms with Crippen molar-refractivity contribution in [3.63, 3.8) is 0 Å². The first-order chi connectivity index (χ1) is 11.0. The third kappa shape index (κ3) is 3.74. The van der Waals surface area contributed by atoms with Crippen LogP contribution in [0.3, 0.4) is 0 Å². The molecule has 1 saturated carbocycles. The molecule has 0 bridgehead atoms. The summed E-state index contributed by atoms with van der Waals surface area (Å²) in [5, 5.41) is 11.2. The van der Waals surface area contributed by atoms with Crippen molar-refractivity contribution >= 4 is 16.8 Å². The van der Waals surface area contributed by atoms with E-state index in [1.165, 1.54) is 25.7 Å². The Balaban J connectivity index is 1.61. The number of amides is 1. The molecule has 1 aromatic heterocycles. The van der Waals surface area contributed by atoms with Crippen LogP contribution in [-0.2, 0) is 0 Å². The molecule has 0 aliphatic heterocycles. The number of nitrogens with one attached hydrogen (secondary N) is 2. The molecule has 1 aliphatic carbocycles. The van der Waals surface area contributed by atoms with Gasteiger partial charge in [-0.2, -0.15) is 5.10 Å². The summed E-state index contributed by atoms with van der Waals surface area (Å²) in [5.74, 6) is 1.55. The van der Waals surface area contributed by atoms with Gasteiger partial charge >= 0.3 is 0 Å². The van der Waals surface area contributed by atoms with Gasteiger partial charge in [-0.25, -0.2) is 0 Å². The van der Waals surface area contributed by atoms with E-state index in [-0.39, 0.29) is 11.9 Å². The van der Waals surface area contributed by atoms with E-state index in [9.17, 15) is 4.79 Å². The van der Waals surface area contributed by atoms with Gasteiger partial charge in [0.1, 0.15) is 0 Å². The summed E-state index contributed by atoms with van der Waals surface area (Å²) >= 11 is 0. The van der Waals surface area contributed by atoms with Crippen molar-refractivity contribution in [3.05, 3.63) is 29.5 Å². The van der Waals surface area contributed by atoms with Crippen LogP contribution in [0.1, 0.15) is 62.0 Å². The zero-order valence-corrected chi connectivity index (χ0v) is 14.4. The van der Waals surface area contributed by atoms with Gasteiger partial charge in [0, 0.05) is 11.4 Å². The van der Waals surface area contributed by atoms with Gasteiger partial charge in [0.15, 0.2) is 5.69 Å². The number of carbonyl (C=O) groups is 1. The molecular formula is C19H27N3O. The fraction of sp³-hybridized carbons (Fsp3) is 0.579. The van der Waals surface area contributed by atoms with Crippen molar-refractivity contribution in [2.45, 2.75) is 58.9 Å². The molecule has 0 spiro atoms. The number of hydrogen-bond acceptors (Lipinski definition) is 2. The largest absolute Gasteiger partial charge is 0.348 e. The Morgan fingerprint density at radius 3 is 2.83 bits per heavy atom. The van der Waals surface area contributed by atoms with Crippen LogP contribution in [0.15, 0.2) is 18.2 Å². The second-order valence-corrected chi connectivity index (χ2v) is 7.36. The van der Waals surface area contributed by atoms with Gasteiger partial charge < -0.3 is 5.32 Å². The minimum absolute atomic E-state index is 0.0724. The Labute approximate surface area is 138 Å². The van der Waals surface area contributed by atoms with Crippen molar-refractivity contribution in [2.75, 3.05) is 0 Å². The van der Waals surface area contributed by atoms with E-state index in [0.717, 1.165) is 34.7 Å². The number of aromatic nitrogens is 2. The monoisotopic (exact) mass is 313 g/mol. The third-order valence-electron chi connectivity index (χ3n) is 5.13. The lowest BCUT2D eigenvalue weighted by Crippen LogP contribution is -2.35. The van der Waals surface area contributed by atoms with E-state index in [1.807, 2.05) is 25.1 Å². The lowest BCUT2D eigenvalue weighted by molar-refractivity contribution is 0.0928. The van der Waals surface area contributed by atoms with Crippen molar-refractivity contribution in [1.82, 2.24) is 15.5 Å². The van der Waals surface area contributed by atoms with Gasteiger partial charge in [0.05, 0.1) is 5.52 Å². The van der Waals surface area contributed by atoms with Crippen LogP contribution in [0.4, 0.5) is 0 Å². The molecule has 0 unspecified atom stereocenters. The minimum atomic E-state index is -0.0724. The van der Waals surface area contributed by atoms with Crippen LogP contribution in [-0.4, -0.2) is 22.1 Å². The first kappa shape index (κ1) is 16.0. The number of rotatable bonds is 4. The Bertz CT molecular complexity index is 683. The molecule has 1 aliphatic rings. The second kappa shape index (κ2) is 6.73. The van der Waals surface area contributed by atoms with Crippen LogP contribution < -0.4 is 5.32 Å². The summed E-state index contributed by atoms with van der Waals surface area (Å²) in [6.45, 7) is 6.48. The standard InChI is InChI=1S/C19H27N3O/c1-12-4-7-15(8-5-12)11-14(3)20-19(23)18-16-9-6-13(2)10-17(16)21-22-18/h6,9-10,12,14-15H,4-5,7-8,11H2,1-3H3,(H,20,23)(H,21,22)/t12?,14-,15?/m1/s1. The Hall–Kier alpha value is -1.84. The summed E-state index contributed by atoms with van der Waals surface area (Å²) in [6.07, 6.45) is 6.32. The molecule has 1 atom stereocenters. The average Bonchev–Trinajstić information content (AvgIpc) is 2.92. The fourth-order valence-corrected chi connectivity index (χ4v) is 3.72. The van der Waals surface area contributed by atoms with Gasteiger partial charge in [0.2, 0.25) is 0 Å². The van der Waals surface area contributed by atoms with Gasteiger partial charge in [-0.05, 0) is 43.7 Å². The lowest BCUT2D eigenvalue weighted by atomic mass is 9.80. The van der Waals surface area contributed by atoms with Crippen LogP contribution in [0.25, 0.3) is 10.9 Å². The highest BCUT2D eigenvalue weighted by Crippen LogP contribution is 2.31. The number of nitrogens with zero attached hydrogens (tertiary/aromatic N) is 1. The van der Waals surface area contributed by atoms with E-state index in [2.05, 4.69) is 29.4 Å². The van der Waals surface area contributed by atoms with E-state index >= 15 is 0 Å². The van der Waals surface area contributed by atoms with Crippen LogP contribution in [0, 0.1) is 18.8 Å². The number of aryl methyl sites for hydroxylation is 1.